The van der Waals surface area contributed by atoms with Gasteiger partial charge in [0.25, 0.3) is 0 Å². The summed E-state index contributed by atoms with van der Waals surface area (Å²) in [5.74, 6) is -1.08. The van der Waals surface area contributed by atoms with E-state index in [2.05, 4.69) is 15.6 Å². The molecule has 2 N–H and O–H groups in total. The van der Waals surface area contributed by atoms with E-state index < -0.39 is 11.9 Å². The zero-order valence-corrected chi connectivity index (χ0v) is 9.58. The van der Waals surface area contributed by atoms with E-state index in [9.17, 15) is 9.59 Å². The maximum Gasteiger partial charge on any atom is 0.350 e. The van der Waals surface area contributed by atoms with E-state index in [1.807, 2.05) is 7.05 Å². The molecule has 0 aliphatic rings. The van der Waals surface area contributed by atoms with Crippen LogP contribution in [0.2, 0.25) is 0 Å². The quantitative estimate of drug-likeness (QED) is 0.295. The van der Waals surface area contributed by atoms with E-state index in [4.69, 9.17) is 9.47 Å². The Morgan fingerprint density at radius 3 is 2.44 bits per heavy atom. The Hall–Kier alpha value is -1.18. The lowest BCUT2D eigenvalue weighted by Gasteiger charge is -2.05. The van der Waals surface area contributed by atoms with Crippen molar-refractivity contribution in [2.45, 2.75) is 6.42 Å². The summed E-state index contributed by atoms with van der Waals surface area (Å²) in [5, 5.41) is 2.92. The normalized spacial score (nSPS) is 9.88. The minimum absolute atomic E-state index is 0.252. The van der Waals surface area contributed by atoms with E-state index in [0.29, 0.717) is 6.61 Å². The molecule has 7 heteroatoms. The maximum absolute atomic E-state index is 11.0. The van der Waals surface area contributed by atoms with Crippen molar-refractivity contribution in [2.24, 2.45) is 0 Å². The second-order valence-electron chi connectivity index (χ2n) is 2.85. The molecule has 0 saturated carbocycles. The van der Waals surface area contributed by atoms with Crippen molar-refractivity contribution < 1.29 is 23.9 Å². The smallest absolute Gasteiger partial charge is 0.350 e. The standard InChI is InChI=1S/C9H18N2O5/c1-10-4-3-5-15-8(12)6-14-7-9(13)16-11-2/h10-11H,3-7H2,1-2H3. The molecular weight excluding hydrogens is 216 g/mol. The molecule has 0 bridgehead atoms. The summed E-state index contributed by atoms with van der Waals surface area (Å²) in [7, 11) is 3.27. The van der Waals surface area contributed by atoms with Gasteiger partial charge in [0, 0.05) is 7.05 Å². The van der Waals surface area contributed by atoms with Gasteiger partial charge in [-0.1, -0.05) is 0 Å². The van der Waals surface area contributed by atoms with Crippen LogP contribution in [-0.2, 0) is 23.9 Å². The number of carbonyl (C=O) groups is 2. The summed E-state index contributed by atoms with van der Waals surface area (Å²) in [4.78, 5) is 26.1. The number of hydrogen-bond acceptors (Lipinski definition) is 7. The zero-order chi connectivity index (χ0) is 12.2. The van der Waals surface area contributed by atoms with Gasteiger partial charge in [-0.15, -0.1) is 0 Å². The summed E-state index contributed by atoms with van der Waals surface area (Å²) < 4.78 is 9.58. The Kier molecular flexibility index (Phi) is 9.58. The molecule has 0 aromatic rings. The molecule has 0 unspecified atom stereocenters. The summed E-state index contributed by atoms with van der Waals surface area (Å²) in [6.07, 6.45) is 0.740. The van der Waals surface area contributed by atoms with Crippen LogP contribution in [0, 0.1) is 0 Å². The van der Waals surface area contributed by atoms with Crippen molar-refractivity contribution in [2.75, 3.05) is 40.5 Å². The van der Waals surface area contributed by atoms with Gasteiger partial charge < -0.3 is 19.6 Å². The van der Waals surface area contributed by atoms with Gasteiger partial charge in [-0.3, -0.25) is 0 Å². The third-order valence-electron chi connectivity index (χ3n) is 1.49. The fraction of sp³-hybridized carbons (Fsp3) is 0.778. The first kappa shape index (κ1) is 14.8. The first-order valence-electron chi connectivity index (χ1n) is 4.95. The Balaban J connectivity index is 3.33. The van der Waals surface area contributed by atoms with Crippen molar-refractivity contribution in [3.63, 3.8) is 0 Å². The highest BCUT2D eigenvalue weighted by molar-refractivity contribution is 5.73. The molecule has 16 heavy (non-hydrogen) atoms. The second kappa shape index (κ2) is 10.3. The average Bonchev–Trinajstić information content (AvgIpc) is 2.25. The number of rotatable bonds is 9. The number of hydrogen-bond donors (Lipinski definition) is 2. The van der Waals surface area contributed by atoms with Crippen molar-refractivity contribution in [1.29, 1.82) is 0 Å². The average molecular weight is 234 g/mol. The van der Waals surface area contributed by atoms with Crippen molar-refractivity contribution >= 4 is 11.9 Å². The summed E-state index contributed by atoms with van der Waals surface area (Å²) >= 11 is 0. The third kappa shape index (κ3) is 9.38. The van der Waals surface area contributed by atoms with Gasteiger partial charge in [0.15, 0.2) is 0 Å². The maximum atomic E-state index is 11.0. The SMILES string of the molecule is CNCCCOC(=O)COCC(=O)ONC. The van der Waals surface area contributed by atoms with Gasteiger partial charge in [-0.2, -0.15) is 5.48 Å². The molecule has 0 spiro atoms. The largest absolute Gasteiger partial charge is 0.464 e. The zero-order valence-electron chi connectivity index (χ0n) is 9.58. The fourth-order valence-electron chi connectivity index (χ4n) is 0.838. The molecule has 0 amide bonds. The third-order valence-corrected chi connectivity index (χ3v) is 1.49. The van der Waals surface area contributed by atoms with Crippen LogP contribution in [0.5, 0.6) is 0 Å². The Morgan fingerprint density at radius 1 is 1.12 bits per heavy atom. The highest BCUT2D eigenvalue weighted by Crippen LogP contribution is 1.86. The first-order chi connectivity index (χ1) is 7.70. The van der Waals surface area contributed by atoms with E-state index in [0.717, 1.165) is 13.0 Å². The van der Waals surface area contributed by atoms with Gasteiger partial charge in [0.2, 0.25) is 0 Å². The molecular formula is C9H18N2O5. The lowest BCUT2D eigenvalue weighted by atomic mass is 10.4. The van der Waals surface area contributed by atoms with Crippen molar-refractivity contribution in [1.82, 2.24) is 10.8 Å². The summed E-state index contributed by atoms with van der Waals surface area (Å²) in [6.45, 7) is 0.581. The monoisotopic (exact) mass is 234 g/mol. The Morgan fingerprint density at radius 2 is 1.81 bits per heavy atom. The lowest BCUT2D eigenvalue weighted by Crippen LogP contribution is -2.22. The number of ether oxygens (including phenoxy) is 2. The van der Waals surface area contributed by atoms with Crippen molar-refractivity contribution in [3.8, 4) is 0 Å². The second-order valence-corrected chi connectivity index (χ2v) is 2.85. The molecule has 0 saturated heterocycles. The molecule has 7 nitrogen and oxygen atoms in total. The van der Waals surface area contributed by atoms with E-state index in [1.165, 1.54) is 7.05 Å². The molecule has 0 aliphatic heterocycles. The molecule has 0 heterocycles. The van der Waals surface area contributed by atoms with Gasteiger partial charge in [0.1, 0.15) is 13.2 Å². The number of carbonyl (C=O) groups excluding carboxylic acids is 2. The number of esters is 1. The number of hydroxylamine groups is 1. The molecule has 0 aliphatic carbocycles. The van der Waals surface area contributed by atoms with Gasteiger partial charge >= 0.3 is 11.9 Å². The minimum atomic E-state index is -0.592. The minimum Gasteiger partial charge on any atom is -0.464 e. The van der Waals surface area contributed by atoms with Crippen LogP contribution in [0.25, 0.3) is 0 Å². The van der Waals surface area contributed by atoms with Gasteiger partial charge in [0.05, 0.1) is 6.61 Å². The van der Waals surface area contributed by atoms with Gasteiger partial charge in [-0.05, 0) is 20.0 Å². The van der Waals surface area contributed by atoms with Crippen LogP contribution < -0.4 is 10.8 Å². The highest BCUT2D eigenvalue weighted by Gasteiger charge is 2.06. The van der Waals surface area contributed by atoms with Crippen LogP contribution in [-0.4, -0.2) is 52.4 Å². The molecule has 0 fully saturated rings. The topological polar surface area (TPSA) is 85.9 Å². The Labute approximate surface area is 94.4 Å². The first-order valence-corrected chi connectivity index (χ1v) is 4.95. The predicted octanol–water partition coefficient (Wildman–Crippen LogP) is -1.17. The molecule has 0 radical (unpaired) electrons. The van der Waals surface area contributed by atoms with E-state index >= 15 is 0 Å². The Bertz CT molecular complexity index is 210. The summed E-state index contributed by atoms with van der Waals surface area (Å²) in [6, 6.07) is 0. The highest BCUT2D eigenvalue weighted by atomic mass is 16.7. The van der Waals surface area contributed by atoms with E-state index in [1.54, 1.807) is 0 Å². The van der Waals surface area contributed by atoms with Crippen LogP contribution in [0.3, 0.4) is 0 Å². The molecule has 0 atom stereocenters. The molecule has 0 aromatic heterocycles. The fourth-order valence-corrected chi connectivity index (χ4v) is 0.838. The van der Waals surface area contributed by atoms with E-state index in [-0.39, 0.29) is 13.2 Å². The molecule has 0 rings (SSSR count). The van der Waals surface area contributed by atoms with Crippen LogP contribution in [0.1, 0.15) is 6.42 Å². The molecule has 94 valence electrons. The van der Waals surface area contributed by atoms with Gasteiger partial charge in [-0.25, -0.2) is 9.59 Å². The summed E-state index contributed by atoms with van der Waals surface area (Å²) in [5.41, 5.74) is 2.20. The van der Waals surface area contributed by atoms with Crippen molar-refractivity contribution in [3.05, 3.63) is 0 Å². The van der Waals surface area contributed by atoms with Crippen LogP contribution in [0.15, 0.2) is 0 Å². The number of nitrogens with one attached hydrogen (secondary N) is 2. The predicted molar refractivity (Wildman–Crippen MR) is 55.5 cm³/mol. The van der Waals surface area contributed by atoms with Crippen LogP contribution >= 0.6 is 0 Å². The molecule has 0 aromatic carbocycles. The lowest BCUT2D eigenvalue weighted by molar-refractivity contribution is -0.159. The van der Waals surface area contributed by atoms with Crippen LogP contribution in [0.4, 0.5) is 0 Å².